The number of hydrogen-bond acceptors (Lipinski definition) is 7. The van der Waals surface area contributed by atoms with Crippen LogP contribution in [0.2, 0.25) is 0 Å². The van der Waals surface area contributed by atoms with E-state index in [0.29, 0.717) is 11.1 Å². The molecule has 0 aromatic carbocycles. The zero-order valence-corrected chi connectivity index (χ0v) is 14.4. The molecule has 2 rings (SSSR count). The first-order valence-corrected chi connectivity index (χ1v) is 8.37. The van der Waals surface area contributed by atoms with E-state index in [-0.39, 0.29) is 10.6 Å². The normalized spacial score (nSPS) is 14.0. The van der Waals surface area contributed by atoms with Crippen molar-refractivity contribution in [3.05, 3.63) is 18.0 Å². The van der Waals surface area contributed by atoms with E-state index in [4.69, 9.17) is 9.26 Å². The van der Waals surface area contributed by atoms with Crippen molar-refractivity contribution in [2.75, 3.05) is 7.11 Å². The first kappa shape index (κ1) is 17.4. The minimum absolute atomic E-state index is 0.0746. The largest absolute Gasteiger partial charge is 0.468 e. The number of rotatable bonds is 4. The number of hydrogen-bond donors (Lipinski definition) is 1. The smallest absolute Gasteiger partial charge is 0.324 e. The van der Waals surface area contributed by atoms with Gasteiger partial charge in [-0.1, -0.05) is 25.9 Å². The standard InChI is InChI=1S/C14H19N3O5S/c1-8-10-6-9(7-15-12(10)22-16-8)23(19,20)17-11(13(18)21-5)14(2,3)4/h6-7,11,17H,1-5H3/t11-/m1/s1. The molecule has 0 spiro atoms. The second kappa shape index (κ2) is 5.89. The molecule has 0 aliphatic rings. The Balaban J connectivity index is 2.42. The van der Waals surface area contributed by atoms with E-state index in [1.165, 1.54) is 13.2 Å². The zero-order chi connectivity index (χ0) is 17.4. The van der Waals surface area contributed by atoms with Crippen LogP contribution in [0.3, 0.4) is 0 Å². The molecule has 0 amide bonds. The third kappa shape index (κ3) is 3.50. The quantitative estimate of drug-likeness (QED) is 0.836. The number of esters is 1. The number of nitrogens with zero attached hydrogens (tertiary/aromatic N) is 2. The summed E-state index contributed by atoms with van der Waals surface area (Å²) >= 11 is 0. The highest BCUT2D eigenvalue weighted by molar-refractivity contribution is 7.89. The molecule has 8 nitrogen and oxygen atoms in total. The number of nitrogens with one attached hydrogen (secondary N) is 1. The lowest BCUT2D eigenvalue weighted by atomic mass is 9.87. The van der Waals surface area contributed by atoms with Gasteiger partial charge in [-0.15, -0.1) is 0 Å². The van der Waals surface area contributed by atoms with E-state index < -0.39 is 27.4 Å². The van der Waals surface area contributed by atoms with Gasteiger partial charge in [-0.05, 0) is 18.4 Å². The van der Waals surface area contributed by atoms with Crippen LogP contribution < -0.4 is 4.72 Å². The van der Waals surface area contributed by atoms with Gasteiger partial charge >= 0.3 is 5.97 Å². The summed E-state index contributed by atoms with van der Waals surface area (Å²) in [5.74, 6) is -0.656. The molecule has 2 aromatic heterocycles. The summed E-state index contributed by atoms with van der Waals surface area (Å²) < 4.78 is 37.2. The van der Waals surface area contributed by atoms with Gasteiger partial charge in [-0.25, -0.2) is 13.4 Å². The summed E-state index contributed by atoms with van der Waals surface area (Å²) in [6.07, 6.45) is 1.16. The molecule has 0 fully saturated rings. The van der Waals surface area contributed by atoms with Crippen molar-refractivity contribution in [3.8, 4) is 0 Å². The van der Waals surface area contributed by atoms with Crippen molar-refractivity contribution < 1.29 is 22.5 Å². The van der Waals surface area contributed by atoms with Gasteiger partial charge in [-0.2, -0.15) is 4.72 Å². The zero-order valence-electron chi connectivity index (χ0n) is 13.6. The van der Waals surface area contributed by atoms with Crippen LogP contribution in [0.1, 0.15) is 26.5 Å². The van der Waals surface area contributed by atoms with Gasteiger partial charge in [0.15, 0.2) is 0 Å². The van der Waals surface area contributed by atoms with E-state index >= 15 is 0 Å². The molecule has 1 atom stereocenters. The maximum absolute atomic E-state index is 12.6. The summed E-state index contributed by atoms with van der Waals surface area (Å²) in [6.45, 7) is 6.90. The Morgan fingerprint density at radius 2 is 2.04 bits per heavy atom. The molecule has 0 aliphatic heterocycles. The Kier molecular flexibility index (Phi) is 4.45. The van der Waals surface area contributed by atoms with Gasteiger partial charge in [-0.3, -0.25) is 4.79 Å². The number of aromatic nitrogens is 2. The van der Waals surface area contributed by atoms with Crippen LogP contribution >= 0.6 is 0 Å². The molecule has 2 heterocycles. The summed E-state index contributed by atoms with van der Waals surface area (Å²) in [5.41, 5.74) is 0.122. The van der Waals surface area contributed by atoms with Crippen molar-refractivity contribution in [2.24, 2.45) is 5.41 Å². The molecule has 126 valence electrons. The van der Waals surface area contributed by atoms with Crippen LogP contribution in [-0.2, 0) is 19.6 Å². The summed E-state index contributed by atoms with van der Waals surface area (Å²) in [5, 5.41) is 4.23. The average Bonchev–Trinajstić information content (AvgIpc) is 2.84. The Labute approximate surface area is 134 Å². The van der Waals surface area contributed by atoms with Crippen molar-refractivity contribution in [3.63, 3.8) is 0 Å². The number of methoxy groups -OCH3 is 1. The molecule has 0 radical (unpaired) electrons. The molecule has 0 saturated carbocycles. The van der Waals surface area contributed by atoms with Crippen LogP contribution in [0.5, 0.6) is 0 Å². The van der Waals surface area contributed by atoms with Gasteiger partial charge < -0.3 is 9.26 Å². The Hall–Kier alpha value is -2.00. The molecule has 2 aromatic rings. The fraction of sp³-hybridized carbons (Fsp3) is 0.500. The molecule has 0 saturated heterocycles. The lowest BCUT2D eigenvalue weighted by molar-refractivity contribution is -0.145. The third-order valence-corrected chi connectivity index (χ3v) is 4.76. The van der Waals surface area contributed by atoms with Crippen LogP contribution in [-0.4, -0.2) is 37.7 Å². The van der Waals surface area contributed by atoms with Crippen molar-refractivity contribution >= 4 is 27.1 Å². The molecule has 0 bridgehead atoms. The Morgan fingerprint density at radius 1 is 1.39 bits per heavy atom. The van der Waals surface area contributed by atoms with Crippen molar-refractivity contribution in [1.82, 2.24) is 14.9 Å². The average molecular weight is 341 g/mol. The van der Waals surface area contributed by atoms with E-state index in [2.05, 4.69) is 14.9 Å². The SMILES string of the molecule is COC(=O)[C@@H](NS(=O)(=O)c1cnc2onc(C)c2c1)C(C)(C)C. The Morgan fingerprint density at radius 3 is 2.61 bits per heavy atom. The first-order chi connectivity index (χ1) is 10.6. The third-order valence-electron chi connectivity index (χ3n) is 3.37. The van der Waals surface area contributed by atoms with Gasteiger partial charge in [0.1, 0.15) is 10.9 Å². The highest BCUT2D eigenvalue weighted by Crippen LogP contribution is 2.24. The summed E-state index contributed by atoms with van der Waals surface area (Å²) in [7, 11) is -2.75. The second-order valence-electron chi connectivity index (χ2n) is 6.24. The minimum atomic E-state index is -3.97. The maximum atomic E-state index is 12.6. The first-order valence-electron chi connectivity index (χ1n) is 6.88. The highest BCUT2D eigenvalue weighted by Gasteiger charge is 2.36. The number of carbonyl (C=O) groups is 1. The number of carbonyl (C=O) groups excluding carboxylic acids is 1. The van der Waals surface area contributed by atoms with E-state index in [0.717, 1.165) is 6.20 Å². The highest BCUT2D eigenvalue weighted by atomic mass is 32.2. The fourth-order valence-corrected chi connectivity index (χ4v) is 3.35. The van der Waals surface area contributed by atoms with Crippen LogP contribution in [0, 0.1) is 12.3 Å². The Bertz CT molecular complexity index is 836. The molecule has 0 aliphatic carbocycles. The predicted molar refractivity (Wildman–Crippen MR) is 82.1 cm³/mol. The predicted octanol–water partition coefficient (Wildman–Crippen LogP) is 1.40. The number of pyridine rings is 1. The van der Waals surface area contributed by atoms with E-state index in [1.807, 2.05) is 0 Å². The summed E-state index contributed by atoms with van der Waals surface area (Å²) in [4.78, 5) is 15.8. The maximum Gasteiger partial charge on any atom is 0.324 e. The van der Waals surface area contributed by atoms with Gasteiger partial charge in [0.25, 0.3) is 5.71 Å². The molecular weight excluding hydrogens is 322 g/mol. The molecule has 0 unspecified atom stereocenters. The monoisotopic (exact) mass is 341 g/mol. The number of fused-ring (bicyclic) bond motifs is 1. The van der Waals surface area contributed by atoms with Crippen LogP contribution in [0.4, 0.5) is 0 Å². The van der Waals surface area contributed by atoms with Gasteiger partial charge in [0, 0.05) is 0 Å². The van der Waals surface area contributed by atoms with E-state index in [1.54, 1.807) is 27.7 Å². The van der Waals surface area contributed by atoms with Gasteiger partial charge in [0.05, 0.1) is 24.4 Å². The van der Waals surface area contributed by atoms with Crippen LogP contribution in [0.25, 0.3) is 11.1 Å². The lowest BCUT2D eigenvalue weighted by Gasteiger charge is -2.28. The molecule has 9 heteroatoms. The lowest BCUT2D eigenvalue weighted by Crippen LogP contribution is -2.49. The van der Waals surface area contributed by atoms with Gasteiger partial charge in [0.2, 0.25) is 10.0 Å². The molecule has 1 N–H and O–H groups in total. The summed E-state index contributed by atoms with van der Waals surface area (Å²) in [6, 6.07) is 0.379. The number of ether oxygens (including phenoxy) is 1. The fourth-order valence-electron chi connectivity index (χ4n) is 1.99. The van der Waals surface area contributed by atoms with Crippen LogP contribution in [0.15, 0.2) is 21.7 Å². The molecule has 23 heavy (non-hydrogen) atoms. The van der Waals surface area contributed by atoms with Crippen molar-refractivity contribution in [2.45, 2.75) is 38.6 Å². The number of aryl methyl sites for hydroxylation is 1. The minimum Gasteiger partial charge on any atom is -0.468 e. The van der Waals surface area contributed by atoms with Crippen molar-refractivity contribution in [1.29, 1.82) is 0 Å². The molecular formula is C14H19N3O5S. The van der Waals surface area contributed by atoms with E-state index in [9.17, 15) is 13.2 Å². The second-order valence-corrected chi connectivity index (χ2v) is 7.95. The number of sulfonamides is 1. The topological polar surface area (TPSA) is 111 Å².